The third-order valence-corrected chi connectivity index (χ3v) is 4.80. The Morgan fingerprint density at radius 3 is 2.52 bits per heavy atom. The number of nitrogens with zero attached hydrogens (tertiary/aromatic N) is 3. The van der Waals surface area contributed by atoms with Gasteiger partial charge in [-0.1, -0.05) is 13.8 Å². The Morgan fingerprint density at radius 1 is 1.43 bits per heavy atom. The summed E-state index contributed by atoms with van der Waals surface area (Å²) >= 11 is 3.65. The van der Waals surface area contributed by atoms with Crippen LogP contribution in [-0.2, 0) is 11.3 Å². The summed E-state index contributed by atoms with van der Waals surface area (Å²) in [6.07, 6.45) is 1.87. The highest BCUT2D eigenvalue weighted by Gasteiger charge is 2.37. The van der Waals surface area contributed by atoms with Gasteiger partial charge in [-0.15, -0.1) is 0 Å². The fourth-order valence-electron chi connectivity index (χ4n) is 3.06. The number of ether oxygens (including phenoxy) is 1. The SMILES string of the molecule is CCN(CC)C(C)(C)C(NC)c1c(Br)cnn1CCOC. The molecule has 0 saturated carbocycles. The van der Waals surface area contributed by atoms with Crippen LogP contribution in [0.3, 0.4) is 0 Å². The molecular formula is C15H29BrN4O. The van der Waals surface area contributed by atoms with E-state index in [-0.39, 0.29) is 11.6 Å². The Kier molecular flexibility index (Phi) is 7.33. The molecule has 0 aliphatic rings. The molecule has 0 aromatic carbocycles. The van der Waals surface area contributed by atoms with Gasteiger partial charge in [0.2, 0.25) is 0 Å². The Labute approximate surface area is 137 Å². The van der Waals surface area contributed by atoms with Gasteiger partial charge in [0.15, 0.2) is 0 Å². The van der Waals surface area contributed by atoms with Crippen LogP contribution in [0.1, 0.15) is 39.4 Å². The predicted molar refractivity (Wildman–Crippen MR) is 90.6 cm³/mol. The lowest BCUT2D eigenvalue weighted by Crippen LogP contribution is -2.52. The molecule has 5 nitrogen and oxygen atoms in total. The van der Waals surface area contributed by atoms with Crippen molar-refractivity contribution < 1.29 is 4.74 Å². The quantitative estimate of drug-likeness (QED) is 0.734. The molecule has 6 heteroatoms. The zero-order valence-corrected chi connectivity index (χ0v) is 15.7. The van der Waals surface area contributed by atoms with Crippen molar-refractivity contribution in [2.75, 3.05) is 33.9 Å². The first-order chi connectivity index (χ1) is 9.93. The van der Waals surface area contributed by atoms with Crippen LogP contribution >= 0.6 is 15.9 Å². The summed E-state index contributed by atoms with van der Waals surface area (Å²) in [5, 5.41) is 7.96. The second-order valence-corrected chi connectivity index (χ2v) is 6.50. The molecule has 0 bridgehead atoms. The number of hydrogen-bond acceptors (Lipinski definition) is 4. The first kappa shape index (κ1) is 18.6. The van der Waals surface area contributed by atoms with Crippen LogP contribution in [0.5, 0.6) is 0 Å². The molecule has 0 fully saturated rings. The van der Waals surface area contributed by atoms with E-state index in [0.29, 0.717) is 6.61 Å². The average molecular weight is 361 g/mol. The maximum absolute atomic E-state index is 5.19. The second-order valence-electron chi connectivity index (χ2n) is 5.64. The normalized spacial score (nSPS) is 13.9. The van der Waals surface area contributed by atoms with E-state index in [4.69, 9.17) is 4.74 Å². The zero-order chi connectivity index (χ0) is 16.0. The van der Waals surface area contributed by atoms with Crippen LogP contribution in [0, 0.1) is 0 Å². The minimum absolute atomic E-state index is 0.0222. The molecule has 0 radical (unpaired) electrons. The Balaban J connectivity index is 3.17. The van der Waals surface area contributed by atoms with Crippen LogP contribution in [0.4, 0.5) is 0 Å². The number of methoxy groups -OCH3 is 1. The van der Waals surface area contributed by atoms with Crippen molar-refractivity contribution in [3.05, 3.63) is 16.4 Å². The highest BCUT2D eigenvalue weighted by atomic mass is 79.9. The van der Waals surface area contributed by atoms with Gasteiger partial charge >= 0.3 is 0 Å². The first-order valence-electron chi connectivity index (χ1n) is 7.56. The summed E-state index contributed by atoms with van der Waals surface area (Å²) in [6.45, 7) is 12.4. The van der Waals surface area contributed by atoms with Gasteiger partial charge in [0, 0.05) is 12.6 Å². The van der Waals surface area contributed by atoms with E-state index in [1.807, 2.05) is 17.9 Å². The molecular weight excluding hydrogens is 332 g/mol. The third kappa shape index (κ3) is 4.06. The Hall–Kier alpha value is -0.430. The van der Waals surface area contributed by atoms with E-state index in [0.717, 1.165) is 24.1 Å². The van der Waals surface area contributed by atoms with Gasteiger partial charge in [0.1, 0.15) is 0 Å². The molecule has 0 aliphatic heterocycles. The lowest BCUT2D eigenvalue weighted by Gasteiger charge is -2.43. The van der Waals surface area contributed by atoms with Gasteiger partial charge in [0.05, 0.1) is 35.6 Å². The minimum Gasteiger partial charge on any atom is -0.383 e. The maximum atomic E-state index is 5.19. The van der Waals surface area contributed by atoms with E-state index in [9.17, 15) is 0 Å². The fraction of sp³-hybridized carbons (Fsp3) is 0.800. The van der Waals surface area contributed by atoms with Crippen molar-refractivity contribution in [3.63, 3.8) is 0 Å². The summed E-state index contributed by atoms with van der Waals surface area (Å²) in [7, 11) is 3.73. The average Bonchev–Trinajstić information content (AvgIpc) is 2.80. The van der Waals surface area contributed by atoms with Crippen molar-refractivity contribution in [1.29, 1.82) is 0 Å². The Bertz CT molecular complexity index is 429. The van der Waals surface area contributed by atoms with E-state index >= 15 is 0 Å². The summed E-state index contributed by atoms with van der Waals surface area (Å²) in [6, 6.07) is 0.172. The molecule has 1 heterocycles. The molecule has 1 aromatic rings. The third-order valence-electron chi connectivity index (χ3n) is 4.19. The van der Waals surface area contributed by atoms with Gasteiger partial charge in [-0.2, -0.15) is 5.10 Å². The van der Waals surface area contributed by atoms with Crippen molar-refractivity contribution in [2.45, 2.75) is 45.8 Å². The van der Waals surface area contributed by atoms with Gasteiger partial charge < -0.3 is 10.1 Å². The predicted octanol–water partition coefficient (Wildman–Crippen LogP) is 2.67. The molecule has 0 amide bonds. The number of nitrogens with one attached hydrogen (secondary N) is 1. The lowest BCUT2D eigenvalue weighted by atomic mass is 9.89. The first-order valence-corrected chi connectivity index (χ1v) is 8.35. The second kappa shape index (κ2) is 8.27. The molecule has 21 heavy (non-hydrogen) atoms. The number of likely N-dealkylation sites (N-methyl/N-ethyl adjacent to an activating group) is 2. The highest BCUT2D eigenvalue weighted by molar-refractivity contribution is 9.10. The zero-order valence-electron chi connectivity index (χ0n) is 14.1. The molecule has 0 aliphatic carbocycles. The van der Waals surface area contributed by atoms with Crippen molar-refractivity contribution >= 4 is 15.9 Å². The summed E-state index contributed by atoms with van der Waals surface area (Å²) < 4.78 is 8.26. The molecule has 0 saturated heterocycles. The van der Waals surface area contributed by atoms with Crippen LogP contribution in [-0.4, -0.2) is 54.1 Å². The largest absolute Gasteiger partial charge is 0.383 e. The topological polar surface area (TPSA) is 42.3 Å². The van der Waals surface area contributed by atoms with Crippen LogP contribution in [0.15, 0.2) is 10.7 Å². The Morgan fingerprint density at radius 2 is 2.05 bits per heavy atom. The van der Waals surface area contributed by atoms with Gasteiger partial charge in [-0.3, -0.25) is 9.58 Å². The molecule has 1 atom stereocenters. The summed E-state index contributed by atoms with van der Waals surface area (Å²) in [5.41, 5.74) is 1.15. The van der Waals surface area contributed by atoms with Crippen molar-refractivity contribution in [1.82, 2.24) is 20.0 Å². The van der Waals surface area contributed by atoms with Gasteiger partial charge in [0.25, 0.3) is 0 Å². The molecule has 122 valence electrons. The monoisotopic (exact) mass is 360 g/mol. The van der Waals surface area contributed by atoms with E-state index < -0.39 is 0 Å². The smallest absolute Gasteiger partial charge is 0.0715 e. The van der Waals surface area contributed by atoms with E-state index in [2.05, 4.69) is 58.9 Å². The molecule has 0 spiro atoms. The van der Waals surface area contributed by atoms with E-state index in [1.54, 1.807) is 7.11 Å². The summed E-state index contributed by atoms with van der Waals surface area (Å²) in [5.74, 6) is 0. The van der Waals surface area contributed by atoms with Crippen LogP contribution in [0.2, 0.25) is 0 Å². The molecule has 1 aromatic heterocycles. The number of rotatable bonds is 9. The van der Waals surface area contributed by atoms with Crippen molar-refractivity contribution in [2.24, 2.45) is 0 Å². The van der Waals surface area contributed by atoms with Gasteiger partial charge in [-0.25, -0.2) is 0 Å². The molecule has 1 unspecified atom stereocenters. The van der Waals surface area contributed by atoms with Crippen LogP contribution < -0.4 is 5.32 Å². The van der Waals surface area contributed by atoms with E-state index in [1.165, 1.54) is 5.69 Å². The molecule has 1 N–H and O–H groups in total. The van der Waals surface area contributed by atoms with Gasteiger partial charge in [-0.05, 0) is 49.9 Å². The number of halogens is 1. The minimum atomic E-state index is -0.0222. The summed E-state index contributed by atoms with van der Waals surface area (Å²) in [4.78, 5) is 2.47. The standard InChI is InChI=1S/C15H29BrN4O/c1-7-19(8-2)15(3,4)14(17-5)13-12(16)11-18-20(13)9-10-21-6/h11,14,17H,7-10H2,1-6H3. The lowest BCUT2D eigenvalue weighted by molar-refractivity contribution is 0.0892. The maximum Gasteiger partial charge on any atom is 0.0715 e. The van der Waals surface area contributed by atoms with Crippen molar-refractivity contribution in [3.8, 4) is 0 Å². The fourth-order valence-corrected chi connectivity index (χ4v) is 3.59. The highest BCUT2D eigenvalue weighted by Crippen LogP contribution is 2.34. The molecule has 1 rings (SSSR count). The van der Waals surface area contributed by atoms with Crippen LogP contribution in [0.25, 0.3) is 0 Å². The number of aromatic nitrogens is 2. The number of hydrogen-bond donors (Lipinski definition) is 1.